The number of hydrogen-bond donors (Lipinski definition) is 1. The van der Waals surface area contributed by atoms with E-state index < -0.39 is 0 Å². The van der Waals surface area contributed by atoms with Crippen LogP contribution in [-0.4, -0.2) is 57.4 Å². The van der Waals surface area contributed by atoms with Crippen LogP contribution in [0, 0.1) is 18.8 Å². The topological polar surface area (TPSA) is 69.3 Å². The molecule has 0 radical (unpaired) electrons. The number of aromatic amines is 1. The van der Waals surface area contributed by atoms with Gasteiger partial charge in [-0.05, 0) is 44.4 Å². The predicted molar refractivity (Wildman–Crippen MR) is 100 cm³/mol. The number of hydrogen-bond acceptors (Lipinski definition) is 4. The average Bonchev–Trinajstić information content (AvgIpc) is 2.62. The van der Waals surface area contributed by atoms with Crippen molar-refractivity contribution in [1.29, 1.82) is 0 Å². The summed E-state index contributed by atoms with van der Waals surface area (Å²) in [4.78, 5) is 36.6. The maximum absolute atomic E-state index is 12.9. The first-order valence-corrected chi connectivity index (χ1v) is 10.2. The van der Waals surface area contributed by atoms with E-state index in [9.17, 15) is 9.59 Å². The van der Waals surface area contributed by atoms with Crippen molar-refractivity contribution in [3.05, 3.63) is 27.9 Å². The Balaban J connectivity index is 1.52. The molecule has 1 aromatic heterocycles. The van der Waals surface area contributed by atoms with E-state index in [1.807, 2.05) is 4.90 Å². The zero-order valence-electron chi connectivity index (χ0n) is 15.9. The highest BCUT2D eigenvalue weighted by Gasteiger charge is 2.45. The Labute approximate surface area is 155 Å². The molecule has 3 saturated heterocycles. The minimum Gasteiger partial charge on any atom is -0.338 e. The summed E-state index contributed by atoms with van der Waals surface area (Å²) < 4.78 is 0. The van der Waals surface area contributed by atoms with Gasteiger partial charge in [-0.3, -0.25) is 14.5 Å². The van der Waals surface area contributed by atoms with Crippen LogP contribution in [-0.2, 0) is 0 Å². The highest BCUT2D eigenvalue weighted by atomic mass is 16.2. The van der Waals surface area contributed by atoms with Crippen molar-refractivity contribution in [2.24, 2.45) is 11.8 Å². The summed E-state index contributed by atoms with van der Waals surface area (Å²) in [6.45, 7) is 6.67. The van der Waals surface area contributed by atoms with Gasteiger partial charge in [0, 0.05) is 37.9 Å². The molecule has 3 aliphatic heterocycles. The SMILES string of the molecule is CCC[C@H]1CCC[C@H]2[C@@H]3C[C@@H](CN(C(=O)c4cnc(C)[nH]c4=O)C3)CN12. The Hall–Kier alpha value is -1.69. The first-order valence-electron chi connectivity index (χ1n) is 10.2. The van der Waals surface area contributed by atoms with Crippen LogP contribution in [0.4, 0.5) is 0 Å². The lowest BCUT2D eigenvalue weighted by molar-refractivity contribution is -0.0519. The Morgan fingerprint density at radius 1 is 1.31 bits per heavy atom. The Morgan fingerprint density at radius 2 is 2.15 bits per heavy atom. The number of amides is 1. The van der Waals surface area contributed by atoms with Crippen LogP contribution < -0.4 is 5.56 Å². The maximum atomic E-state index is 12.9. The molecule has 6 nitrogen and oxygen atoms in total. The van der Waals surface area contributed by atoms with E-state index in [1.165, 1.54) is 44.7 Å². The first-order chi connectivity index (χ1) is 12.6. The van der Waals surface area contributed by atoms with Crippen molar-refractivity contribution in [2.45, 2.75) is 64.5 Å². The molecular weight excluding hydrogens is 328 g/mol. The van der Waals surface area contributed by atoms with E-state index in [0.29, 0.717) is 23.7 Å². The number of carbonyl (C=O) groups excluding carboxylic acids is 1. The summed E-state index contributed by atoms with van der Waals surface area (Å²) >= 11 is 0. The van der Waals surface area contributed by atoms with Crippen LogP contribution in [0.2, 0.25) is 0 Å². The normalized spacial score (nSPS) is 31.5. The number of piperidine rings is 3. The van der Waals surface area contributed by atoms with E-state index >= 15 is 0 Å². The number of rotatable bonds is 3. The quantitative estimate of drug-likeness (QED) is 0.899. The Morgan fingerprint density at radius 3 is 2.92 bits per heavy atom. The third kappa shape index (κ3) is 3.20. The molecular formula is C20H30N4O2. The molecule has 0 aromatic carbocycles. The van der Waals surface area contributed by atoms with Crippen LogP contribution in [0.25, 0.3) is 0 Å². The molecule has 3 fully saturated rings. The third-order valence-electron chi connectivity index (χ3n) is 6.58. The van der Waals surface area contributed by atoms with Crippen molar-refractivity contribution in [1.82, 2.24) is 19.8 Å². The van der Waals surface area contributed by atoms with E-state index in [-0.39, 0.29) is 17.0 Å². The predicted octanol–water partition coefficient (Wildman–Crippen LogP) is 2.19. The monoisotopic (exact) mass is 358 g/mol. The second-order valence-corrected chi connectivity index (χ2v) is 8.42. The Kier molecular flexibility index (Phi) is 4.86. The van der Waals surface area contributed by atoms with Crippen molar-refractivity contribution in [3.8, 4) is 0 Å². The molecule has 26 heavy (non-hydrogen) atoms. The van der Waals surface area contributed by atoms with Gasteiger partial charge in [-0.25, -0.2) is 4.98 Å². The van der Waals surface area contributed by atoms with Crippen LogP contribution in [0.15, 0.2) is 11.0 Å². The van der Waals surface area contributed by atoms with Gasteiger partial charge in [0.05, 0.1) is 0 Å². The zero-order chi connectivity index (χ0) is 18.3. The molecule has 2 bridgehead atoms. The van der Waals surface area contributed by atoms with Gasteiger partial charge < -0.3 is 9.88 Å². The first kappa shape index (κ1) is 17.7. The summed E-state index contributed by atoms with van der Waals surface area (Å²) in [6.07, 6.45) is 9.10. The standard InChI is InChI=1S/C20H30N4O2/c1-3-5-16-6-4-7-18-15-8-14(11-24(16)18)10-23(12-15)20(26)17-9-21-13(2)22-19(17)25/h9,14-16,18H,3-8,10-12H2,1-2H3,(H,21,22,25)/t14-,15+,16-,18-/m0/s1. The van der Waals surface area contributed by atoms with Gasteiger partial charge >= 0.3 is 0 Å². The fraction of sp³-hybridized carbons (Fsp3) is 0.750. The van der Waals surface area contributed by atoms with Crippen molar-refractivity contribution in [2.75, 3.05) is 19.6 Å². The lowest BCUT2D eigenvalue weighted by Gasteiger charge is -2.55. The molecule has 0 spiro atoms. The zero-order valence-corrected chi connectivity index (χ0v) is 15.9. The molecule has 1 N–H and O–H groups in total. The summed E-state index contributed by atoms with van der Waals surface area (Å²) in [7, 11) is 0. The lowest BCUT2D eigenvalue weighted by atomic mass is 9.74. The molecule has 0 saturated carbocycles. The van der Waals surface area contributed by atoms with E-state index in [2.05, 4.69) is 21.8 Å². The van der Waals surface area contributed by atoms with Gasteiger partial charge in [-0.15, -0.1) is 0 Å². The van der Waals surface area contributed by atoms with E-state index in [4.69, 9.17) is 0 Å². The van der Waals surface area contributed by atoms with Gasteiger partial charge in [0.15, 0.2) is 0 Å². The number of H-pyrrole nitrogens is 1. The average molecular weight is 358 g/mol. The summed E-state index contributed by atoms with van der Waals surface area (Å²) in [5, 5.41) is 0. The van der Waals surface area contributed by atoms with Crippen molar-refractivity contribution < 1.29 is 4.79 Å². The highest BCUT2D eigenvalue weighted by Crippen LogP contribution is 2.40. The second-order valence-electron chi connectivity index (χ2n) is 8.42. The Bertz CT molecular complexity index is 729. The lowest BCUT2D eigenvalue weighted by Crippen LogP contribution is -2.62. The molecule has 0 unspecified atom stereocenters. The van der Waals surface area contributed by atoms with Crippen molar-refractivity contribution in [3.63, 3.8) is 0 Å². The number of aromatic nitrogens is 2. The molecule has 4 rings (SSSR count). The number of likely N-dealkylation sites (tertiary alicyclic amines) is 1. The van der Waals surface area contributed by atoms with Gasteiger partial charge in [-0.2, -0.15) is 0 Å². The molecule has 0 aliphatic carbocycles. The van der Waals surface area contributed by atoms with Crippen LogP contribution in [0.5, 0.6) is 0 Å². The molecule has 4 atom stereocenters. The number of nitrogens with one attached hydrogen (secondary N) is 1. The van der Waals surface area contributed by atoms with Crippen molar-refractivity contribution >= 4 is 5.91 Å². The summed E-state index contributed by atoms with van der Waals surface area (Å²) in [5.74, 6) is 1.47. The van der Waals surface area contributed by atoms with E-state index in [1.54, 1.807) is 6.92 Å². The number of carbonyl (C=O) groups is 1. The second kappa shape index (κ2) is 7.14. The van der Waals surface area contributed by atoms with Gasteiger partial charge in [0.1, 0.15) is 11.4 Å². The van der Waals surface area contributed by atoms with Crippen LogP contribution in [0.1, 0.15) is 61.6 Å². The molecule has 3 aliphatic rings. The summed E-state index contributed by atoms with van der Waals surface area (Å²) in [6, 6.07) is 1.34. The van der Waals surface area contributed by atoms with Gasteiger partial charge in [0.25, 0.3) is 11.5 Å². The molecule has 142 valence electrons. The van der Waals surface area contributed by atoms with Gasteiger partial charge in [0.2, 0.25) is 0 Å². The molecule has 1 aromatic rings. The van der Waals surface area contributed by atoms with E-state index in [0.717, 1.165) is 25.7 Å². The van der Waals surface area contributed by atoms with Gasteiger partial charge in [-0.1, -0.05) is 19.8 Å². The molecule has 1 amide bonds. The molecule has 4 heterocycles. The minimum absolute atomic E-state index is 0.150. The molecule has 6 heteroatoms. The smallest absolute Gasteiger partial charge is 0.263 e. The number of fused-ring (bicyclic) bond motifs is 4. The van der Waals surface area contributed by atoms with Crippen LogP contribution >= 0.6 is 0 Å². The maximum Gasteiger partial charge on any atom is 0.263 e. The highest BCUT2D eigenvalue weighted by molar-refractivity contribution is 5.93. The largest absolute Gasteiger partial charge is 0.338 e. The number of nitrogens with zero attached hydrogens (tertiary/aromatic N) is 3. The third-order valence-corrected chi connectivity index (χ3v) is 6.58. The fourth-order valence-corrected chi connectivity index (χ4v) is 5.53. The fourth-order valence-electron chi connectivity index (χ4n) is 5.53. The van der Waals surface area contributed by atoms with Crippen LogP contribution in [0.3, 0.4) is 0 Å². The summed E-state index contributed by atoms with van der Waals surface area (Å²) in [5.41, 5.74) is -0.138. The minimum atomic E-state index is -0.319. The number of aryl methyl sites for hydroxylation is 1.